The van der Waals surface area contributed by atoms with Crippen molar-refractivity contribution in [3.8, 4) is 0 Å². The zero-order valence-corrected chi connectivity index (χ0v) is 9.53. The lowest BCUT2D eigenvalue weighted by Gasteiger charge is -2.26. The molecular formula is C11H21NO3. The van der Waals surface area contributed by atoms with E-state index in [-0.39, 0.29) is 18.6 Å². The third-order valence-corrected chi connectivity index (χ3v) is 3.01. The Labute approximate surface area is 90.8 Å². The van der Waals surface area contributed by atoms with Gasteiger partial charge in [-0.15, -0.1) is 0 Å². The van der Waals surface area contributed by atoms with Gasteiger partial charge < -0.3 is 15.6 Å². The van der Waals surface area contributed by atoms with Crippen LogP contribution in [0.15, 0.2) is 0 Å². The minimum atomic E-state index is -1.16. The first-order valence-electron chi connectivity index (χ1n) is 5.64. The highest BCUT2D eigenvalue weighted by molar-refractivity contribution is 5.79. The van der Waals surface area contributed by atoms with Gasteiger partial charge in [-0.25, -0.2) is 0 Å². The predicted octanol–water partition coefficient (Wildman–Crippen LogP) is 1.38. The van der Waals surface area contributed by atoms with Crippen molar-refractivity contribution in [2.24, 2.45) is 11.7 Å². The highest BCUT2D eigenvalue weighted by Crippen LogP contribution is 2.38. The Morgan fingerprint density at radius 2 is 2.27 bits per heavy atom. The summed E-state index contributed by atoms with van der Waals surface area (Å²) in [5, 5.41) is 9.08. The third-order valence-electron chi connectivity index (χ3n) is 3.01. The van der Waals surface area contributed by atoms with Crippen LogP contribution < -0.4 is 5.73 Å². The second-order valence-corrected chi connectivity index (χ2v) is 4.53. The highest BCUT2D eigenvalue weighted by Gasteiger charge is 2.48. The summed E-state index contributed by atoms with van der Waals surface area (Å²) >= 11 is 0. The molecule has 0 heterocycles. The van der Waals surface area contributed by atoms with E-state index in [2.05, 4.69) is 6.92 Å². The van der Waals surface area contributed by atoms with Crippen LogP contribution >= 0.6 is 0 Å². The quantitative estimate of drug-likeness (QED) is 0.673. The number of nitrogens with two attached hydrogens (primary N) is 1. The number of carbonyl (C=O) groups is 1. The maximum atomic E-state index is 11.1. The number of hydrogen-bond acceptors (Lipinski definition) is 3. The van der Waals surface area contributed by atoms with Gasteiger partial charge in [-0.2, -0.15) is 0 Å². The fourth-order valence-electron chi connectivity index (χ4n) is 1.72. The third kappa shape index (κ3) is 3.18. The summed E-state index contributed by atoms with van der Waals surface area (Å²) in [5.74, 6) is -0.836. The Balaban J connectivity index is 2.42. The van der Waals surface area contributed by atoms with Gasteiger partial charge >= 0.3 is 5.97 Å². The summed E-state index contributed by atoms with van der Waals surface area (Å²) in [6.07, 6.45) is 3.90. The monoisotopic (exact) mass is 215 g/mol. The second-order valence-electron chi connectivity index (χ2n) is 4.53. The molecule has 1 rings (SSSR count). The molecule has 0 aromatic rings. The maximum Gasteiger partial charge on any atom is 0.326 e. The molecule has 2 unspecified atom stereocenters. The van der Waals surface area contributed by atoms with E-state index in [1.54, 1.807) is 0 Å². The van der Waals surface area contributed by atoms with Crippen LogP contribution in [0.5, 0.6) is 0 Å². The van der Waals surface area contributed by atoms with Gasteiger partial charge in [0.15, 0.2) is 0 Å². The van der Waals surface area contributed by atoms with Gasteiger partial charge in [-0.05, 0) is 32.1 Å². The zero-order valence-electron chi connectivity index (χ0n) is 9.53. The molecule has 0 amide bonds. The molecule has 0 aliphatic heterocycles. The largest absolute Gasteiger partial charge is 0.480 e. The van der Waals surface area contributed by atoms with Crippen LogP contribution in [-0.2, 0) is 9.53 Å². The van der Waals surface area contributed by atoms with Crippen LogP contribution in [0, 0.1) is 5.92 Å². The number of carboxylic acid groups (broad SMARTS) is 1. The first-order chi connectivity index (χ1) is 7.00. The summed E-state index contributed by atoms with van der Waals surface area (Å²) < 4.78 is 5.50. The van der Waals surface area contributed by atoms with Crippen LogP contribution in [0.25, 0.3) is 0 Å². The lowest BCUT2D eigenvalue weighted by molar-refractivity contribution is -0.148. The van der Waals surface area contributed by atoms with Gasteiger partial charge in [0.2, 0.25) is 0 Å². The molecule has 3 N–H and O–H groups in total. The van der Waals surface area contributed by atoms with Crippen LogP contribution in [0.1, 0.15) is 39.5 Å². The Morgan fingerprint density at radius 1 is 1.67 bits per heavy atom. The standard InChI is InChI=1S/C11H21NO3/c1-3-4-8(2)15-7-11(12,10(13)14)9-5-6-9/h8-9H,3-7,12H2,1-2H3,(H,13,14). The molecule has 1 saturated carbocycles. The van der Waals surface area contributed by atoms with Gasteiger partial charge in [-0.1, -0.05) is 13.3 Å². The molecule has 0 bridgehead atoms. The fourth-order valence-corrected chi connectivity index (χ4v) is 1.72. The van der Waals surface area contributed by atoms with E-state index < -0.39 is 11.5 Å². The molecule has 15 heavy (non-hydrogen) atoms. The normalized spacial score (nSPS) is 22.1. The minimum Gasteiger partial charge on any atom is -0.480 e. The first kappa shape index (κ1) is 12.5. The number of aliphatic carboxylic acids is 1. The summed E-state index contributed by atoms with van der Waals surface area (Å²) in [6.45, 7) is 4.17. The van der Waals surface area contributed by atoms with E-state index in [1.165, 1.54) is 0 Å². The van der Waals surface area contributed by atoms with Crippen molar-refractivity contribution in [2.45, 2.75) is 51.2 Å². The Bertz CT molecular complexity index is 228. The Morgan fingerprint density at radius 3 is 2.67 bits per heavy atom. The molecule has 0 spiro atoms. The van der Waals surface area contributed by atoms with E-state index in [9.17, 15) is 4.79 Å². The zero-order chi connectivity index (χ0) is 11.5. The van der Waals surface area contributed by atoms with Crippen molar-refractivity contribution in [3.05, 3.63) is 0 Å². The van der Waals surface area contributed by atoms with Gasteiger partial charge in [-0.3, -0.25) is 4.79 Å². The molecule has 0 saturated heterocycles. The number of ether oxygens (including phenoxy) is 1. The van der Waals surface area contributed by atoms with Gasteiger partial charge in [0.05, 0.1) is 12.7 Å². The van der Waals surface area contributed by atoms with Crippen molar-refractivity contribution in [3.63, 3.8) is 0 Å². The lowest BCUT2D eigenvalue weighted by Crippen LogP contribution is -2.54. The van der Waals surface area contributed by atoms with E-state index in [1.807, 2.05) is 6.92 Å². The molecule has 1 aliphatic carbocycles. The van der Waals surface area contributed by atoms with Crippen molar-refractivity contribution < 1.29 is 14.6 Å². The Hall–Kier alpha value is -0.610. The maximum absolute atomic E-state index is 11.1. The molecule has 88 valence electrons. The lowest BCUT2D eigenvalue weighted by atomic mass is 9.96. The minimum absolute atomic E-state index is 0.0935. The Kier molecular flexibility index (Phi) is 4.11. The second kappa shape index (κ2) is 4.94. The molecular weight excluding hydrogens is 194 g/mol. The molecule has 4 nitrogen and oxygen atoms in total. The summed E-state index contributed by atoms with van der Waals surface area (Å²) in [4.78, 5) is 11.1. The van der Waals surface area contributed by atoms with Crippen LogP contribution in [0.4, 0.5) is 0 Å². The molecule has 1 aliphatic rings. The first-order valence-corrected chi connectivity index (χ1v) is 5.64. The summed E-state index contributed by atoms with van der Waals surface area (Å²) in [5.41, 5.74) is 4.70. The molecule has 4 heteroatoms. The molecule has 0 aromatic heterocycles. The highest BCUT2D eigenvalue weighted by atomic mass is 16.5. The molecule has 0 aromatic carbocycles. The van der Waals surface area contributed by atoms with Crippen molar-refractivity contribution >= 4 is 5.97 Å². The molecule has 2 atom stereocenters. The van der Waals surface area contributed by atoms with Crippen molar-refractivity contribution in [1.29, 1.82) is 0 Å². The summed E-state index contributed by atoms with van der Waals surface area (Å²) in [6, 6.07) is 0. The predicted molar refractivity (Wildman–Crippen MR) is 57.6 cm³/mol. The number of rotatable bonds is 7. The van der Waals surface area contributed by atoms with Gasteiger partial charge in [0.1, 0.15) is 5.54 Å². The molecule has 1 fully saturated rings. The smallest absolute Gasteiger partial charge is 0.326 e. The van der Waals surface area contributed by atoms with Gasteiger partial charge in [0.25, 0.3) is 0 Å². The van der Waals surface area contributed by atoms with Gasteiger partial charge in [0, 0.05) is 0 Å². The van der Waals surface area contributed by atoms with Crippen LogP contribution in [-0.4, -0.2) is 29.3 Å². The summed E-state index contributed by atoms with van der Waals surface area (Å²) in [7, 11) is 0. The number of carboxylic acids is 1. The van der Waals surface area contributed by atoms with Crippen molar-refractivity contribution in [2.75, 3.05) is 6.61 Å². The SMILES string of the molecule is CCCC(C)OCC(N)(C(=O)O)C1CC1. The van der Waals surface area contributed by atoms with E-state index >= 15 is 0 Å². The number of hydrogen-bond donors (Lipinski definition) is 2. The average molecular weight is 215 g/mol. The van der Waals surface area contributed by atoms with E-state index in [4.69, 9.17) is 15.6 Å². The average Bonchev–Trinajstić information content (AvgIpc) is 2.97. The van der Waals surface area contributed by atoms with Crippen LogP contribution in [0.2, 0.25) is 0 Å². The van der Waals surface area contributed by atoms with E-state index in [0.29, 0.717) is 0 Å². The van der Waals surface area contributed by atoms with E-state index in [0.717, 1.165) is 25.7 Å². The molecule has 0 radical (unpaired) electrons. The van der Waals surface area contributed by atoms with Crippen LogP contribution in [0.3, 0.4) is 0 Å². The topological polar surface area (TPSA) is 72.5 Å². The van der Waals surface area contributed by atoms with Crippen molar-refractivity contribution in [1.82, 2.24) is 0 Å². The fraction of sp³-hybridized carbons (Fsp3) is 0.909.